The van der Waals surface area contributed by atoms with Gasteiger partial charge in [-0.05, 0) is 24.4 Å². The molecule has 2 aliphatic rings. The predicted molar refractivity (Wildman–Crippen MR) is 103 cm³/mol. The van der Waals surface area contributed by atoms with E-state index in [0.29, 0.717) is 36.3 Å². The van der Waals surface area contributed by atoms with Crippen molar-refractivity contribution in [3.05, 3.63) is 36.3 Å². The molecule has 1 unspecified atom stereocenters. The van der Waals surface area contributed by atoms with Crippen molar-refractivity contribution in [2.24, 2.45) is 0 Å². The first-order chi connectivity index (χ1) is 14.4. The molecule has 2 aromatic rings. The van der Waals surface area contributed by atoms with Gasteiger partial charge in [0.25, 0.3) is 0 Å². The van der Waals surface area contributed by atoms with Gasteiger partial charge in [-0.3, -0.25) is 0 Å². The molecule has 0 radical (unpaired) electrons. The highest BCUT2D eigenvalue weighted by Crippen LogP contribution is 2.34. The number of thiocarbonyl (C=S) groups is 1. The number of anilines is 1. The van der Waals surface area contributed by atoms with Gasteiger partial charge in [0, 0.05) is 37.1 Å². The first-order valence-electron chi connectivity index (χ1n) is 8.99. The number of benzene rings is 1. The third-order valence-corrected chi connectivity index (χ3v) is 4.71. The Morgan fingerprint density at radius 1 is 1.27 bits per heavy atom. The molecule has 2 aliphatic heterocycles. The van der Waals surface area contributed by atoms with Gasteiger partial charge in [0.2, 0.25) is 18.5 Å². The molecule has 1 fully saturated rings. The number of halogens is 3. The average molecular weight is 442 g/mol. The molecule has 3 heterocycles. The topological polar surface area (TPSA) is 78.0 Å². The zero-order chi connectivity index (χ0) is 21.1. The summed E-state index contributed by atoms with van der Waals surface area (Å²) in [7, 11) is 0. The highest BCUT2D eigenvalue weighted by Gasteiger charge is 2.35. The molecule has 0 bridgehead atoms. The lowest BCUT2D eigenvalue weighted by Crippen LogP contribution is -2.49. The van der Waals surface area contributed by atoms with Crippen molar-refractivity contribution in [3.8, 4) is 17.4 Å². The molecule has 4 rings (SSSR count). The molecule has 0 amide bonds. The molecular formula is C18H17F3N4O4S. The summed E-state index contributed by atoms with van der Waals surface area (Å²) >= 11 is 5.47. The van der Waals surface area contributed by atoms with Crippen LogP contribution in [0.3, 0.4) is 0 Å². The lowest BCUT2D eigenvalue weighted by atomic mass is 10.2. The molecule has 160 valence electrons. The largest absolute Gasteiger partial charge is 0.475 e. The Labute approximate surface area is 174 Å². The number of nitrogens with one attached hydrogen (secondary N) is 1. The first kappa shape index (κ1) is 20.4. The van der Waals surface area contributed by atoms with E-state index in [1.165, 1.54) is 6.07 Å². The van der Waals surface area contributed by atoms with E-state index in [9.17, 15) is 13.2 Å². The molecule has 0 spiro atoms. The van der Waals surface area contributed by atoms with Crippen molar-refractivity contribution in [1.29, 1.82) is 0 Å². The van der Waals surface area contributed by atoms with Crippen LogP contribution in [0.4, 0.5) is 18.9 Å². The van der Waals surface area contributed by atoms with E-state index in [4.69, 9.17) is 31.2 Å². The van der Waals surface area contributed by atoms with Gasteiger partial charge < -0.3 is 29.2 Å². The van der Waals surface area contributed by atoms with E-state index in [1.807, 2.05) is 11.0 Å². The molecule has 0 saturated carbocycles. The van der Waals surface area contributed by atoms with E-state index in [2.05, 4.69) is 15.3 Å². The number of alkyl halides is 3. The third-order valence-electron chi connectivity index (χ3n) is 4.35. The van der Waals surface area contributed by atoms with E-state index in [0.717, 1.165) is 11.9 Å². The van der Waals surface area contributed by atoms with Gasteiger partial charge in [0.15, 0.2) is 16.6 Å². The number of nitrogens with zero attached hydrogens (tertiary/aromatic N) is 3. The van der Waals surface area contributed by atoms with Crippen LogP contribution in [-0.4, -0.2) is 59.2 Å². The Morgan fingerprint density at radius 3 is 2.93 bits per heavy atom. The lowest BCUT2D eigenvalue weighted by molar-refractivity contribution is -0.145. The summed E-state index contributed by atoms with van der Waals surface area (Å²) in [6.07, 6.45) is -4.02. The van der Waals surface area contributed by atoms with Crippen molar-refractivity contribution < 1.29 is 32.1 Å². The second-order valence-corrected chi connectivity index (χ2v) is 6.85. The summed E-state index contributed by atoms with van der Waals surface area (Å²) in [4.78, 5) is 8.49. The molecule has 8 nitrogen and oxygen atoms in total. The monoisotopic (exact) mass is 442 g/mol. The Kier molecular flexibility index (Phi) is 5.77. The van der Waals surface area contributed by atoms with Crippen LogP contribution in [0, 0.1) is 0 Å². The van der Waals surface area contributed by atoms with E-state index in [1.54, 1.807) is 12.1 Å². The maximum absolute atomic E-state index is 12.7. The number of rotatable bonds is 4. The fourth-order valence-corrected chi connectivity index (χ4v) is 3.20. The standard InChI is InChI=1S/C18H17F3N4O4S/c19-18(20,21)16-22-4-3-15(24-16)27-9-12-8-25(5-6-26-12)17(30)23-11-1-2-13-14(7-11)29-10-28-13/h1-4,7,12H,5-6,8-10H2,(H,23,30). The zero-order valence-electron chi connectivity index (χ0n) is 15.5. The fourth-order valence-electron chi connectivity index (χ4n) is 2.92. The number of aromatic nitrogens is 2. The van der Waals surface area contributed by atoms with Crippen LogP contribution in [0.25, 0.3) is 0 Å². The van der Waals surface area contributed by atoms with Crippen LogP contribution in [0.15, 0.2) is 30.5 Å². The number of hydrogen-bond donors (Lipinski definition) is 1. The summed E-state index contributed by atoms with van der Waals surface area (Å²) in [6, 6.07) is 6.68. The smallest absolute Gasteiger partial charge is 0.451 e. The molecule has 1 aromatic carbocycles. The number of hydrogen-bond acceptors (Lipinski definition) is 7. The van der Waals surface area contributed by atoms with E-state index in [-0.39, 0.29) is 25.4 Å². The molecule has 1 N–H and O–H groups in total. The lowest BCUT2D eigenvalue weighted by Gasteiger charge is -2.34. The average Bonchev–Trinajstić information content (AvgIpc) is 3.20. The Morgan fingerprint density at radius 2 is 2.10 bits per heavy atom. The van der Waals surface area contributed by atoms with Gasteiger partial charge >= 0.3 is 6.18 Å². The van der Waals surface area contributed by atoms with Gasteiger partial charge in [-0.1, -0.05) is 0 Å². The van der Waals surface area contributed by atoms with Crippen molar-refractivity contribution in [1.82, 2.24) is 14.9 Å². The molecule has 30 heavy (non-hydrogen) atoms. The molecule has 1 saturated heterocycles. The number of morpholine rings is 1. The Bertz CT molecular complexity index is 931. The first-order valence-corrected chi connectivity index (χ1v) is 9.39. The summed E-state index contributed by atoms with van der Waals surface area (Å²) < 4.78 is 59.8. The predicted octanol–water partition coefficient (Wildman–Crippen LogP) is 2.70. The van der Waals surface area contributed by atoms with Gasteiger partial charge in [-0.2, -0.15) is 18.2 Å². The van der Waals surface area contributed by atoms with Crippen LogP contribution in [-0.2, 0) is 10.9 Å². The SMILES string of the molecule is FC(F)(F)c1nccc(OCC2CN(C(=S)Nc3ccc4c(c3)OCO4)CCO2)n1. The quantitative estimate of drug-likeness (QED) is 0.719. The second-order valence-electron chi connectivity index (χ2n) is 6.46. The normalized spacial score (nSPS) is 18.2. The van der Waals surface area contributed by atoms with Gasteiger partial charge in [0.05, 0.1) is 6.61 Å². The molecular weight excluding hydrogens is 425 g/mol. The summed E-state index contributed by atoms with van der Waals surface area (Å²) in [5.41, 5.74) is 0.754. The van der Waals surface area contributed by atoms with Crippen molar-refractivity contribution in [2.45, 2.75) is 12.3 Å². The fraction of sp³-hybridized carbons (Fsp3) is 0.389. The number of fused-ring (bicyclic) bond motifs is 1. The summed E-state index contributed by atoms with van der Waals surface area (Å²) in [5, 5.41) is 3.63. The minimum Gasteiger partial charge on any atom is -0.475 e. The van der Waals surface area contributed by atoms with Crippen molar-refractivity contribution >= 4 is 23.0 Å². The molecule has 12 heteroatoms. The van der Waals surface area contributed by atoms with Gasteiger partial charge in [0.1, 0.15) is 12.7 Å². The van der Waals surface area contributed by atoms with Crippen molar-refractivity contribution in [3.63, 3.8) is 0 Å². The van der Waals surface area contributed by atoms with Gasteiger partial charge in [-0.25, -0.2) is 4.98 Å². The Balaban J connectivity index is 1.31. The third kappa shape index (κ3) is 4.82. The van der Waals surface area contributed by atoms with Crippen molar-refractivity contribution in [2.75, 3.05) is 38.4 Å². The summed E-state index contributed by atoms with van der Waals surface area (Å²) in [5.74, 6) is -0.105. The minimum atomic E-state index is -4.63. The minimum absolute atomic E-state index is 0.0252. The highest BCUT2D eigenvalue weighted by molar-refractivity contribution is 7.80. The second kappa shape index (κ2) is 8.48. The molecule has 0 aliphatic carbocycles. The maximum Gasteiger partial charge on any atom is 0.451 e. The van der Waals surface area contributed by atoms with Crippen LogP contribution >= 0.6 is 12.2 Å². The Hall–Kier alpha value is -2.86. The van der Waals surface area contributed by atoms with Crippen LogP contribution in [0.5, 0.6) is 17.4 Å². The zero-order valence-corrected chi connectivity index (χ0v) is 16.3. The van der Waals surface area contributed by atoms with Gasteiger partial charge in [-0.15, -0.1) is 0 Å². The highest BCUT2D eigenvalue weighted by atomic mass is 32.1. The molecule has 1 aromatic heterocycles. The maximum atomic E-state index is 12.7. The van der Waals surface area contributed by atoms with E-state index >= 15 is 0 Å². The number of ether oxygens (including phenoxy) is 4. The molecule has 1 atom stereocenters. The van der Waals surface area contributed by atoms with E-state index < -0.39 is 12.0 Å². The van der Waals surface area contributed by atoms with Crippen LogP contribution in [0.2, 0.25) is 0 Å². The van der Waals surface area contributed by atoms with Crippen LogP contribution in [0.1, 0.15) is 5.82 Å². The van der Waals surface area contributed by atoms with Crippen LogP contribution < -0.4 is 19.5 Å². The summed E-state index contributed by atoms with van der Waals surface area (Å²) in [6.45, 7) is 1.59.